The Kier molecular flexibility index (Phi) is 5.07. The smallest absolute Gasteiger partial charge is 0.0378 e. The minimum atomic E-state index is 0.637. The van der Waals surface area contributed by atoms with Gasteiger partial charge in [-0.1, -0.05) is 35.3 Å². The molecule has 1 aliphatic heterocycles. The van der Waals surface area contributed by atoms with Gasteiger partial charge in [0.2, 0.25) is 0 Å². The SMILES string of the molecule is CCCC1CN(c2ccc(C)c(Br)c2)CCCN1. The molecule has 100 valence electrons. The first-order chi connectivity index (χ1) is 8.70. The van der Waals surface area contributed by atoms with Crippen LogP contribution in [0, 0.1) is 6.92 Å². The van der Waals surface area contributed by atoms with Crippen molar-refractivity contribution in [1.29, 1.82) is 0 Å². The second-order valence-electron chi connectivity index (χ2n) is 5.17. The summed E-state index contributed by atoms with van der Waals surface area (Å²) in [6.45, 7) is 7.83. The van der Waals surface area contributed by atoms with E-state index in [-0.39, 0.29) is 0 Å². The number of aryl methyl sites for hydroxylation is 1. The minimum Gasteiger partial charge on any atom is -0.370 e. The van der Waals surface area contributed by atoms with Crippen molar-refractivity contribution in [2.75, 3.05) is 24.5 Å². The highest BCUT2D eigenvalue weighted by Gasteiger charge is 2.17. The van der Waals surface area contributed by atoms with Crippen LogP contribution in [0.4, 0.5) is 5.69 Å². The van der Waals surface area contributed by atoms with Gasteiger partial charge >= 0.3 is 0 Å². The summed E-state index contributed by atoms with van der Waals surface area (Å²) >= 11 is 3.64. The van der Waals surface area contributed by atoms with Crippen LogP contribution >= 0.6 is 15.9 Å². The molecule has 0 bridgehead atoms. The molecule has 1 fully saturated rings. The van der Waals surface area contributed by atoms with Crippen LogP contribution in [-0.4, -0.2) is 25.7 Å². The fraction of sp³-hybridized carbons (Fsp3) is 0.600. The Labute approximate surface area is 119 Å². The van der Waals surface area contributed by atoms with Crippen LogP contribution in [0.5, 0.6) is 0 Å². The fourth-order valence-corrected chi connectivity index (χ4v) is 2.92. The maximum absolute atomic E-state index is 3.65. The van der Waals surface area contributed by atoms with Gasteiger partial charge in [0.1, 0.15) is 0 Å². The van der Waals surface area contributed by atoms with Crippen LogP contribution in [-0.2, 0) is 0 Å². The van der Waals surface area contributed by atoms with Gasteiger partial charge in [0.15, 0.2) is 0 Å². The Morgan fingerprint density at radius 1 is 1.44 bits per heavy atom. The number of nitrogens with zero attached hydrogens (tertiary/aromatic N) is 1. The lowest BCUT2D eigenvalue weighted by Crippen LogP contribution is -2.37. The second kappa shape index (κ2) is 6.58. The van der Waals surface area contributed by atoms with Crippen molar-refractivity contribution in [3.8, 4) is 0 Å². The van der Waals surface area contributed by atoms with Gasteiger partial charge in [-0.15, -0.1) is 0 Å². The highest BCUT2D eigenvalue weighted by molar-refractivity contribution is 9.10. The second-order valence-corrected chi connectivity index (χ2v) is 6.03. The topological polar surface area (TPSA) is 15.3 Å². The van der Waals surface area contributed by atoms with Gasteiger partial charge in [-0.3, -0.25) is 0 Å². The Balaban J connectivity index is 2.12. The Hall–Kier alpha value is -0.540. The molecule has 3 heteroatoms. The predicted molar refractivity (Wildman–Crippen MR) is 82.4 cm³/mol. The summed E-state index contributed by atoms with van der Waals surface area (Å²) in [7, 11) is 0. The number of halogens is 1. The molecule has 1 saturated heterocycles. The lowest BCUT2D eigenvalue weighted by molar-refractivity contribution is 0.502. The number of benzene rings is 1. The van der Waals surface area contributed by atoms with Crippen LogP contribution in [0.15, 0.2) is 22.7 Å². The van der Waals surface area contributed by atoms with Gasteiger partial charge in [-0.25, -0.2) is 0 Å². The molecule has 1 unspecified atom stereocenters. The largest absolute Gasteiger partial charge is 0.370 e. The third-order valence-corrected chi connectivity index (χ3v) is 4.49. The molecule has 1 N–H and O–H groups in total. The van der Waals surface area contributed by atoms with E-state index in [9.17, 15) is 0 Å². The van der Waals surface area contributed by atoms with Crippen molar-refractivity contribution in [3.63, 3.8) is 0 Å². The number of anilines is 1. The van der Waals surface area contributed by atoms with Gasteiger partial charge in [-0.05, 0) is 44.0 Å². The molecular weight excluding hydrogens is 288 g/mol. The van der Waals surface area contributed by atoms with E-state index in [2.05, 4.69) is 58.2 Å². The van der Waals surface area contributed by atoms with Crippen LogP contribution in [0.1, 0.15) is 31.7 Å². The van der Waals surface area contributed by atoms with Crippen molar-refractivity contribution < 1.29 is 0 Å². The lowest BCUT2D eigenvalue weighted by Gasteiger charge is -2.26. The molecular formula is C15H23BrN2. The summed E-state index contributed by atoms with van der Waals surface area (Å²) in [6, 6.07) is 7.34. The summed E-state index contributed by atoms with van der Waals surface area (Å²) in [5, 5.41) is 3.65. The van der Waals surface area contributed by atoms with E-state index in [1.807, 2.05) is 0 Å². The quantitative estimate of drug-likeness (QED) is 0.915. The lowest BCUT2D eigenvalue weighted by atomic mass is 10.1. The van der Waals surface area contributed by atoms with Gasteiger partial charge in [0.25, 0.3) is 0 Å². The van der Waals surface area contributed by atoms with E-state index in [1.165, 1.54) is 35.0 Å². The normalized spacial score (nSPS) is 20.8. The molecule has 0 aliphatic carbocycles. The predicted octanol–water partition coefficient (Wildman–Crippen LogP) is 3.73. The molecule has 0 radical (unpaired) electrons. The zero-order valence-corrected chi connectivity index (χ0v) is 13.0. The minimum absolute atomic E-state index is 0.637. The molecule has 0 aromatic heterocycles. The number of nitrogens with one attached hydrogen (secondary N) is 1. The maximum Gasteiger partial charge on any atom is 0.0378 e. The molecule has 1 aromatic rings. The van der Waals surface area contributed by atoms with Gasteiger partial charge in [0, 0.05) is 29.3 Å². The molecule has 2 nitrogen and oxygen atoms in total. The molecule has 0 spiro atoms. The number of hydrogen-bond donors (Lipinski definition) is 1. The maximum atomic E-state index is 3.65. The average molecular weight is 311 g/mol. The Bertz CT molecular complexity index is 392. The van der Waals surface area contributed by atoms with E-state index in [4.69, 9.17) is 0 Å². The molecule has 1 atom stereocenters. The van der Waals surface area contributed by atoms with E-state index in [0.717, 1.165) is 19.6 Å². The van der Waals surface area contributed by atoms with Crippen molar-refractivity contribution in [3.05, 3.63) is 28.2 Å². The number of rotatable bonds is 3. The van der Waals surface area contributed by atoms with Crippen LogP contribution < -0.4 is 10.2 Å². The monoisotopic (exact) mass is 310 g/mol. The van der Waals surface area contributed by atoms with Crippen molar-refractivity contribution in [2.45, 2.75) is 39.2 Å². The van der Waals surface area contributed by atoms with Crippen molar-refractivity contribution >= 4 is 21.6 Å². The Morgan fingerprint density at radius 3 is 3.00 bits per heavy atom. The van der Waals surface area contributed by atoms with Gasteiger partial charge < -0.3 is 10.2 Å². The molecule has 1 aromatic carbocycles. The zero-order valence-electron chi connectivity index (χ0n) is 11.4. The molecule has 1 heterocycles. The van der Waals surface area contributed by atoms with Gasteiger partial charge in [-0.2, -0.15) is 0 Å². The average Bonchev–Trinajstić information content (AvgIpc) is 2.59. The van der Waals surface area contributed by atoms with Crippen molar-refractivity contribution in [1.82, 2.24) is 5.32 Å². The van der Waals surface area contributed by atoms with E-state index >= 15 is 0 Å². The molecule has 18 heavy (non-hydrogen) atoms. The number of hydrogen-bond acceptors (Lipinski definition) is 2. The van der Waals surface area contributed by atoms with Crippen LogP contribution in [0.2, 0.25) is 0 Å². The van der Waals surface area contributed by atoms with Crippen molar-refractivity contribution in [2.24, 2.45) is 0 Å². The first-order valence-electron chi connectivity index (χ1n) is 6.95. The third-order valence-electron chi connectivity index (χ3n) is 3.64. The first kappa shape index (κ1) is 13.9. The van der Waals surface area contributed by atoms with E-state index in [0.29, 0.717) is 6.04 Å². The summed E-state index contributed by atoms with van der Waals surface area (Å²) < 4.78 is 1.21. The Morgan fingerprint density at radius 2 is 2.28 bits per heavy atom. The molecule has 2 rings (SSSR count). The summed E-state index contributed by atoms with van der Waals surface area (Å²) in [5.74, 6) is 0. The van der Waals surface area contributed by atoms with Crippen LogP contribution in [0.25, 0.3) is 0 Å². The molecule has 0 saturated carbocycles. The highest BCUT2D eigenvalue weighted by Crippen LogP contribution is 2.24. The highest BCUT2D eigenvalue weighted by atomic mass is 79.9. The molecule has 1 aliphatic rings. The fourth-order valence-electron chi connectivity index (χ4n) is 2.55. The van der Waals surface area contributed by atoms with Crippen LogP contribution in [0.3, 0.4) is 0 Å². The van der Waals surface area contributed by atoms with E-state index in [1.54, 1.807) is 0 Å². The zero-order chi connectivity index (χ0) is 13.0. The summed E-state index contributed by atoms with van der Waals surface area (Å²) in [6.07, 6.45) is 3.75. The summed E-state index contributed by atoms with van der Waals surface area (Å²) in [5.41, 5.74) is 2.65. The van der Waals surface area contributed by atoms with E-state index < -0.39 is 0 Å². The summed E-state index contributed by atoms with van der Waals surface area (Å²) in [4.78, 5) is 2.52. The first-order valence-corrected chi connectivity index (χ1v) is 7.74. The third kappa shape index (κ3) is 3.48. The molecule has 0 amide bonds. The van der Waals surface area contributed by atoms with Gasteiger partial charge in [0.05, 0.1) is 0 Å². The standard InChI is InChI=1S/C15H23BrN2/c1-3-5-13-11-18(9-4-8-17-13)14-7-6-12(2)15(16)10-14/h6-7,10,13,17H,3-5,8-9,11H2,1-2H3.